The molecular weight excluding hydrogens is 334 g/mol. The van der Waals surface area contributed by atoms with E-state index in [1.807, 2.05) is 35.3 Å². The van der Waals surface area contributed by atoms with Crippen molar-refractivity contribution in [1.82, 2.24) is 20.1 Å². The molecule has 0 bridgehead atoms. The second kappa shape index (κ2) is 7.31. The molecule has 0 radical (unpaired) electrons. The number of nitrogens with zero attached hydrogens (tertiary/aromatic N) is 3. The summed E-state index contributed by atoms with van der Waals surface area (Å²) in [5.74, 6) is 1.89. The fraction of sp³-hybridized carbons (Fsp3) is 0.556. The first kappa shape index (κ1) is 16.8. The molecule has 4 rings (SSSR count). The van der Waals surface area contributed by atoms with Gasteiger partial charge in [-0.15, -0.1) is 0 Å². The number of aliphatic imine (C=N–C) groups is 1. The van der Waals surface area contributed by atoms with Crippen LogP contribution in [0.25, 0.3) is 0 Å². The van der Waals surface area contributed by atoms with Gasteiger partial charge in [-0.1, -0.05) is 0 Å². The van der Waals surface area contributed by atoms with Gasteiger partial charge in [-0.3, -0.25) is 0 Å². The Morgan fingerprint density at radius 3 is 2.85 bits per heavy atom. The lowest BCUT2D eigenvalue weighted by Gasteiger charge is -2.32. The van der Waals surface area contributed by atoms with Crippen LogP contribution < -0.4 is 14.8 Å². The Kier molecular flexibility index (Phi) is 4.73. The highest BCUT2D eigenvalue weighted by molar-refractivity contribution is 5.75. The number of hydrogen-bond acceptors (Lipinski definition) is 5. The van der Waals surface area contributed by atoms with E-state index in [0.29, 0.717) is 17.8 Å². The normalized spacial score (nSPS) is 20.7. The van der Waals surface area contributed by atoms with Crippen LogP contribution in [0.2, 0.25) is 0 Å². The average Bonchev–Trinajstić information content (AvgIpc) is 3.34. The van der Waals surface area contributed by atoms with E-state index >= 15 is 0 Å². The zero-order valence-corrected chi connectivity index (χ0v) is 15.0. The topological polar surface area (TPSA) is 82.2 Å². The Bertz CT molecular complexity index is 701. The summed E-state index contributed by atoms with van der Waals surface area (Å²) in [5.41, 5.74) is 0. The van der Waals surface area contributed by atoms with Gasteiger partial charge in [0.05, 0.1) is 12.7 Å². The summed E-state index contributed by atoms with van der Waals surface area (Å²) >= 11 is 0. The molecule has 8 heteroatoms. The summed E-state index contributed by atoms with van der Waals surface area (Å²) in [6.45, 7) is 2.24. The van der Waals surface area contributed by atoms with E-state index in [-0.39, 0.29) is 12.1 Å². The SMILES string of the molecule is CN1C=C(Oc2cc(OC3CCN(C(=O)NC4CC4)CC3)c[nH]2)N=CC1. The standard InChI is InChI=1S/C18H25N5O3/c1-22-9-6-19-17(12-22)26-16-10-15(11-20-16)25-14-4-7-23(8-5-14)18(24)21-13-2-3-13/h6,10-14,20H,2-5,7-9H2,1H3,(H,21,24). The third-order valence-electron chi connectivity index (χ3n) is 4.70. The molecule has 1 aliphatic carbocycles. The number of nitrogens with one attached hydrogen (secondary N) is 2. The first-order valence-corrected chi connectivity index (χ1v) is 9.18. The van der Waals surface area contributed by atoms with Crippen LogP contribution in [0.4, 0.5) is 4.79 Å². The maximum absolute atomic E-state index is 12.1. The van der Waals surface area contributed by atoms with Gasteiger partial charge in [-0.2, -0.15) is 0 Å². The maximum Gasteiger partial charge on any atom is 0.317 e. The first-order valence-electron chi connectivity index (χ1n) is 9.18. The van der Waals surface area contributed by atoms with Crippen LogP contribution in [0.1, 0.15) is 25.7 Å². The van der Waals surface area contributed by atoms with Gasteiger partial charge in [-0.25, -0.2) is 9.79 Å². The van der Waals surface area contributed by atoms with Crippen LogP contribution in [-0.4, -0.2) is 65.9 Å². The second-order valence-corrected chi connectivity index (χ2v) is 7.05. The number of aromatic amines is 1. The van der Waals surface area contributed by atoms with Gasteiger partial charge >= 0.3 is 6.03 Å². The molecule has 2 fully saturated rings. The smallest absolute Gasteiger partial charge is 0.317 e. The molecule has 1 aromatic rings. The van der Waals surface area contributed by atoms with Crippen molar-refractivity contribution in [2.24, 2.45) is 4.99 Å². The van der Waals surface area contributed by atoms with Gasteiger partial charge in [-0.05, 0) is 12.8 Å². The van der Waals surface area contributed by atoms with E-state index in [4.69, 9.17) is 9.47 Å². The van der Waals surface area contributed by atoms with E-state index < -0.39 is 0 Å². The molecule has 1 saturated carbocycles. The molecule has 1 saturated heterocycles. The first-order chi connectivity index (χ1) is 12.7. The van der Waals surface area contributed by atoms with Crippen molar-refractivity contribution in [3.8, 4) is 11.6 Å². The number of amides is 2. The Morgan fingerprint density at radius 1 is 1.31 bits per heavy atom. The monoisotopic (exact) mass is 359 g/mol. The number of ether oxygens (including phenoxy) is 2. The van der Waals surface area contributed by atoms with Crippen LogP contribution in [-0.2, 0) is 0 Å². The molecule has 2 aliphatic heterocycles. The predicted octanol–water partition coefficient (Wildman–Crippen LogP) is 1.92. The largest absolute Gasteiger partial charge is 0.489 e. The highest BCUT2D eigenvalue weighted by atomic mass is 16.5. The number of piperidine rings is 1. The molecule has 0 atom stereocenters. The van der Waals surface area contributed by atoms with Gasteiger partial charge in [0, 0.05) is 57.5 Å². The van der Waals surface area contributed by atoms with E-state index in [1.165, 1.54) is 0 Å². The summed E-state index contributed by atoms with van der Waals surface area (Å²) in [7, 11) is 1.97. The molecule has 2 N–H and O–H groups in total. The molecule has 140 valence electrons. The summed E-state index contributed by atoms with van der Waals surface area (Å²) in [6, 6.07) is 2.30. The van der Waals surface area contributed by atoms with Crippen LogP contribution in [0.3, 0.4) is 0 Å². The third-order valence-corrected chi connectivity index (χ3v) is 4.70. The minimum Gasteiger partial charge on any atom is -0.489 e. The Morgan fingerprint density at radius 2 is 2.12 bits per heavy atom. The lowest BCUT2D eigenvalue weighted by atomic mass is 10.1. The summed E-state index contributed by atoms with van der Waals surface area (Å²) in [6.07, 6.45) is 9.45. The number of hydrogen-bond donors (Lipinski definition) is 2. The van der Waals surface area contributed by atoms with Gasteiger partial charge < -0.3 is 29.6 Å². The van der Waals surface area contributed by atoms with Crippen molar-refractivity contribution in [3.05, 3.63) is 24.3 Å². The highest BCUT2D eigenvalue weighted by Gasteiger charge is 2.29. The average molecular weight is 359 g/mol. The quantitative estimate of drug-likeness (QED) is 0.842. The molecule has 8 nitrogen and oxygen atoms in total. The van der Waals surface area contributed by atoms with Crippen LogP contribution in [0.5, 0.6) is 11.6 Å². The summed E-state index contributed by atoms with van der Waals surface area (Å²) in [5, 5.41) is 3.04. The second-order valence-electron chi connectivity index (χ2n) is 7.05. The molecule has 0 spiro atoms. The number of likely N-dealkylation sites (tertiary alicyclic amines) is 1. The molecule has 26 heavy (non-hydrogen) atoms. The van der Waals surface area contributed by atoms with Gasteiger partial charge in [0.1, 0.15) is 11.9 Å². The van der Waals surface area contributed by atoms with Crippen LogP contribution in [0, 0.1) is 0 Å². The zero-order chi connectivity index (χ0) is 17.9. The molecule has 1 aromatic heterocycles. The number of carbonyl (C=O) groups is 1. The Hall–Kier alpha value is -2.64. The molecule has 0 aromatic carbocycles. The fourth-order valence-corrected chi connectivity index (χ4v) is 3.04. The fourth-order valence-electron chi connectivity index (χ4n) is 3.04. The maximum atomic E-state index is 12.1. The molecule has 3 aliphatic rings. The number of rotatable bonds is 5. The van der Waals surface area contributed by atoms with Gasteiger partial charge in [0.25, 0.3) is 0 Å². The lowest BCUT2D eigenvalue weighted by molar-refractivity contribution is 0.111. The van der Waals surface area contributed by atoms with E-state index in [2.05, 4.69) is 15.3 Å². The summed E-state index contributed by atoms with van der Waals surface area (Å²) < 4.78 is 11.7. The van der Waals surface area contributed by atoms with E-state index in [0.717, 1.165) is 51.1 Å². The van der Waals surface area contributed by atoms with Crippen molar-refractivity contribution >= 4 is 12.2 Å². The number of urea groups is 1. The molecular formula is C18H25N5O3. The highest BCUT2D eigenvalue weighted by Crippen LogP contribution is 2.25. The van der Waals surface area contributed by atoms with Crippen molar-refractivity contribution in [3.63, 3.8) is 0 Å². The number of aromatic nitrogens is 1. The predicted molar refractivity (Wildman–Crippen MR) is 97.4 cm³/mol. The van der Waals surface area contributed by atoms with E-state index in [9.17, 15) is 4.79 Å². The zero-order valence-electron chi connectivity index (χ0n) is 15.0. The minimum atomic E-state index is 0.0644. The van der Waals surface area contributed by atoms with Gasteiger partial charge in [0.2, 0.25) is 11.8 Å². The van der Waals surface area contributed by atoms with Crippen molar-refractivity contribution in [2.75, 3.05) is 26.7 Å². The van der Waals surface area contributed by atoms with E-state index in [1.54, 1.807) is 6.20 Å². The third kappa shape index (κ3) is 4.30. The van der Waals surface area contributed by atoms with Crippen molar-refractivity contribution in [1.29, 1.82) is 0 Å². The Labute approximate surface area is 152 Å². The molecule has 3 heterocycles. The van der Waals surface area contributed by atoms with Gasteiger partial charge in [0.15, 0.2) is 0 Å². The lowest BCUT2D eigenvalue weighted by Crippen LogP contribution is -2.47. The van der Waals surface area contributed by atoms with Crippen LogP contribution in [0.15, 0.2) is 29.3 Å². The number of H-pyrrole nitrogens is 1. The molecule has 2 amide bonds. The minimum absolute atomic E-state index is 0.0644. The van der Waals surface area contributed by atoms with Crippen LogP contribution >= 0.6 is 0 Å². The number of carbonyl (C=O) groups excluding carboxylic acids is 1. The van der Waals surface area contributed by atoms with Crippen molar-refractivity contribution < 1.29 is 14.3 Å². The van der Waals surface area contributed by atoms with Crippen molar-refractivity contribution in [2.45, 2.75) is 37.8 Å². The molecule has 0 unspecified atom stereocenters. The summed E-state index contributed by atoms with van der Waals surface area (Å²) in [4.78, 5) is 23.2. The Balaban J connectivity index is 1.24.